The summed E-state index contributed by atoms with van der Waals surface area (Å²) in [5, 5.41) is 2.57. The minimum absolute atomic E-state index is 0.00431. The lowest BCUT2D eigenvalue weighted by Crippen LogP contribution is -2.36. The third-order valence-electron chi connectivity index (χ3n) is 5.46. The van der Waals surface area contributed by atoms with Crippen LogP contribution in [0.1, 0.15) is 37.7 Å². The smallest absolute Gasteiger partial charge is 0.233 e. The number of hydrogen-bond donors (Lipinski definition) is 1. The predicted octanol–water partition coefficient (Wildman–Crippen LogP) is 1.28. The third-order valence-corrected chi connectivity index (χ3v) is 7.06. The molecule has 0 aromatic heterocycles. The number of likely N-dealkylation sites (tertiary alicyclic amines) is 1. The van der Waals surface area contributed by atoms with Crippen molar-refractivity contribution in [2.24, 2.45) is 11.8 Å². The molecular formula is C20H26N2O5S. The molecule has 0 spiro atoms. The van der Waals surface area contributed by atoms with Crippen molar-refractivity contribution in [3.8, 4) is 0 Å². The second-order valence-corrected chi connectivity index (χ2v) is 9.69. The van der Waals surface area contributed by atoms with E-state index in [0.717, 1.165) is 25.7 Å². The Balaban J connectivity index is 1.41. The summed E-state index contributed by atoms with van der Waals surface area (Å²) >= 11 is 0. The van der Waals surface area contributed by atoms with Crippen LogP contribution in [0, 0.1) is 11.8 Å². The molecule has 7 nitrogen and oxygen atoms in total. The SMILES string of the molecule is O=C(CCN1C(=O)[C@@H]2CCCC[C@H]2C1=O)NCCS(=O)(=O)Cc1ccccc1. The van der Waals surface area contributed by atoms with Crippen LogP contribution in [-0.4, -0.2) is 49.9 Å². The first kappa shape index (κ1) is 20.5. The van der Waals surface area contributed by atoms with Gasteiger partial charge < -0.3 is 5.32 Å². The summed E-state index contributed by atoms with van der Waals surface area (Å²) in [6.07, 6.45) is 3.42. The minimum Gasteiger partial charge on any atom is -0.355 e. The van der Waals surface area contributed by atoms with E-state index in [9.17, 15) is 22.8 Å². The van der Waals surface area contributed by atoms with Crippen molar-refractivity contribution in [3.05, 3.63) is 35.9 Å². The molecule has 1 saturated heterocycles. The molecule has 1 heterocycles. The largest absolute Gasteiger partial charge is 0.355 e. The van der Waals surface area contributed by atoms with Crippen molar-refractivity contribution in [2.75, 3.05) is 18.8 Å². The van der Waals surface area contributed by atoms with Crippen LogP contribution in [0.5, 0.6) is 0 Å². The summed E-state index contributed by atoms with van der Waals surface area (Å²) in [7, 11) is -3.33. The number of sulfone groups is 1. The Labute approximate surface area is 165 Å². The number of rotatable bonds is 8. The summed E-state index contributed by atoms with van der Waals surface area (Å²) in [5.74, 6) is -1.33. The summed E-state index contributed by atoms with van der Waals surface area (Å²) in [6, 6.07) is 8.88. The molecule has 2 aliphatic rings. The van der Waals surface area contributed by atoms with E-state index in [0.29, 0.717) is 5.56 Å². The van der Waals surface area contributed by atoms with E-state index in [1.165, 1.54) is 4.90 Å². The van der Waals surface area contributed by atoms with Crippen LogP contribution in [0.4, 0.5) is 0 Å². The Bertz CT molecular complexity index is 813. The molecule has 1 aromatic carbocycles. The molecule has 1 aromatic rings. The number of benzene rings is 1. The number of imide groups is 1. The maximum absolute atomic E-state index is 12.4. The first-order valence-electron chi connectivity index (χ1n) is 9.74. The van der Waals surface area contributed by atoms with E-state index in [4.69, 9.17) is 0 Å². The molecule has 3 amide bonds. The van der Waals surface area contributed by atoms with E-state index in [1.54, 1.807) is 24.3 Å². The highest BCUT2D eigenvalue weighted by Crippen LogP contribution is 2.37. The molecular weight excluding hydrogens is 380 g/mol. The van der Waals surface area contributed by atoms with Crippen molar-refractivity contribution in [3.63, 3.8) is 0 Å². The van der Waals surface area contributed by atoms with Gasteiger partial charge in [-0.15, -0.1) is 0 Å². The van der Waals surface area contributed by atoms with E-state index >= 15 is 0 Å². The number of amides is 3. The van der Waals surface area contributed by atoms with Crippen molar-refractivity contribution < 1.29 is 22.8 Å². The van der Waals surface area contributed by atoms with E-state index in [-0.39, 0.29) is 60.6 Å². The number of nitrogens with zero attached hydrogens (tertiary/aromatic N) is 1. The van der Waals surface area contributed by atoms with Gasteiger partial charge in [-0.25, -0.2) is 8.42 Å². The van der Waals surface area contributed by atoms with Gasteiger partial charge in [0.25, 0.3) is 0 Å². The van der Waals surface area contributed by atoms with Crippen LogP contribution in [0.3, 0.4) is 0 Å². The second kappa shape index (κ2) is 8.86. The highest BCUT2D eigenvalue weighted by atomic mass is 32.2. The lowest BCUT2D eigenvalue weighted by molar-refractivity contribution is -0.140. The van der Waals surface area contributed by atoms with Gasteiger partial charge in [-0.2, -0.15) is 0 Å². The number of nitrogens with one attached hydrogen (secondary N) is 1. The fraction of sp³-hybridized carbons (Fsp3) is 0.550. The maximum Gasteiger partial charge on any atom is 0.233 e. The van der Waals surface area contributed by atoms with Crippen LogP contribution >= 0.6 is 0 Å². The molecule has 1 aliphatic heterocycles. The van der Waals surface area contributed by atoms with Gasteiger partial charge in [0, 0.05) is 19.5 Å². The Kier molecular flexibility index (Phi) is 6.49. The molecule has 28 heavy (non-hydrogen) atoms. The topological polar surface area (TPSA) is 101 Å². The Hall–Kier alpha value is -2.22. The average Bonchev–Trinajstić information content (AvgIpc) is 2.91. The van der Waals surface area contributed by atoms with Crippen molar-refractivity contribution in [2.45, 2.75) is 37.9 Å². The van der Waals surface area contributed by atoms with Gasteiger partial charge in [0.1, 0.15) is 0 Å². The van der Waals surface area contributed by atoms with Crippen molar-refractivity contribution in [1.82, 2.24) is 10.2 Å². The molecule has 2 fully saturated rings. The molecule has 0 bridgehead atoms. The van der Waals surface area contributed by atoms with Gasteiger partial charge in [0.2, 0.25) is 17.7 Å². The molecule has 2 atom stereocenters. The first-order chi connectivity index (χ1) is 13.4. The third kappa shape index (κ3) is 4.98. The van der Waals surface area contributed by atoms with Gasteiger partial charge >= 0.3 is 0 Å². The molecule has 8 heteroatoms. The van der Waals surface area contributed by atoms with Crippen LogP contribution in [0.25, 0.3) is 0 Å². The van der Waals surface area contributed by atoms with E-state index in [2.05, 4.69) is 5.32 Å². The zero-order valence-corrected chi connectivity index (χ0v) is 16.6. The van der Waals surface area contributed by atoms with Crippen LogP contribution in [-0.2, 0) is 30.0 Å². The van der Waals surface area contributed by atoms with Gasteiger partial charge in [0.15, 0.2) is 9.84 Å². The zero-order valence-electron chi connectivity index (χ0n) is 15.8. The summed E-state index contributed by atoms with van der Waals surface area (Å²) in [5.41, 5.74) is 0.710. The summed E-state index contributed by atoms with van der Waals surface area (Å²) in [6.45, 7) is 0.0778. The molecule has 3 rings (SSSR count). The monoisotopic (exact) mass is 406 g/mol. The number of fused-ring (bicyclic) bond motifs is 1. The number of carbonyl (C=O) groups is 3. The quantitative estimate of drug-likeness (QED) is 0.656. The fourth-order valence-electron chi connectivity index (χ4n) is 4.00. The van der Waals surface area contributed by atoms with Crippen LogP contribution in [0.2, 0.25) is 0 Å². The van der Waals surface area contributed by atoms with Crippen molar-refractivity contribution in [1.29, 1.82) is 0 Å². The summed E-state index contributed by atoms with van der Waals surface area (Å²) < 4.78 is 24.3. The molecule has 1 aliphatic carbocycles. The van der Waals surface area contributed by atoms with Gasteiger partial charge in [-0.1, -0.05) is 43.2 Å². The average molecular weight is 407 g/mol. The lowest BCUT2D eigenvalue weighted by atomic mass is 9.81. The molecule has 0 unspecified atom stereocenters. The lowest BCUT2D eigenvalue weighted by Gasteiger charge is -2.19. The predicted molar refractivity (Wildman–Crippen MR) is 104 cm³/mol. The highest BCUT2D eigenvalue weighted by Gasteiger charge is 2.47. The summed E-state index contributed by atoms with van der Waals surface area (Å²) in [4.78, 5) is 38.0. The molecule has 152 valence electrons. The minimum atomic E-state index is -3.33. The van der Waals surface area contributed by atoms with Crippen LogP contribution in [0.15, 0.2) is 30.3 Å². The fourth-order valence-corrected chi connectivity index (χ4v) is 5.26. The standard InChI is InChI=1S/C20H26N2O5S/c23-18(21-11-13-28(26,27)14-15-6-2-1-3-7-15)10-12-22-19(24)16-8-4-5-9-17(16)20(22)25/h1-3,6-7,16-17H,4-5,8-14H2,(H,21,23)/t16-,17-/m1/s1. The maximum atomic E-state index is 12.4. The number of carbonyl (C=O) groups excluding carboxylic acids is 3. The van der Waals surface area contributed by atoms with Gasteiger partial charge in [-0.05, 0) is 18.4 Å². The molecule has 1 N–H and O–H groups in total. The Morgan fingerprint density at radius 3 is 2.25 bits per heavy atom. The van der Waals surface area contributed by atoms with E-state index in [1.807, 2.05) is 6.07 Å². The highest BCUT2D eigenvalue weighted by molar-refractivity contribution is 7.90. The van der Waals surface area contributed by atoms with Crippen LogP contribution < -0.4 is 5.32 Å². The van der Waals surface area contributed by atoms with Gasteiger partial charge in [-0.3, -0.25) is 19.3 Å². The second-order valence-electron chi connectivity index (χ2n) is 7.50. The number of hydrogen-bond acceptors (Lipinski definition) is 5. The van der Waals surface area contributed by atoms with Gasteiger partial charge in [0.05, 0.1) is 23.3 Å². The first-order valence-corrected chi connectivity index (χ1v) is 11.6. The Morgan fingerprint density at radius 1 is 1.04 bits per heavy atom. The molecule has 1 saturated carbocycles. The normalized spacial score (nSPS) is 22.2. The Morgan fingerprint density at radius 2 is 1.64 bits per heavy atom. The van der Waals surface area contributed by atoms with E-state index < -0.39 is 9.84 Å². The molecule has 0 radical (unpaired) electrons. The zero-order chi connectivity index (χ0) is 20.1. The van der Waals surface area contributed by atoms with Crippen molar-refractivity contribution >= 4 is 27.6 Å².